The highest BCUT2D eigenvalue weighted by molar-refractivity contribution is 7.80. The number of nitrogens with two attached hydrogens (primary N) is 2. The number of fused-ring (bicyclic) bond motifs is 1. The molecule has 2 rings (SSSR count). The average molecular weight is 551 g/mol. The zero-order valence-corrected chi connectivity index (χ0v) is 21.1. The molecule has 38 heavy (non-hydrogen) atoms. The number of aromatic amines is 1. The van der Waals surface area contributed by atoms with Crippen LogP contribution >= 0.6 is 12.6 Å². The molecule has 0 bridgehead atoms. The molecule has 0 radical (unpaired) electrons. The smallest absolute Gasteiger partial charge is 0.326 e. The molecular formula is C23H30N6O8S. The number of carbonyl (C=O) groups excluding carboxylic acids is 4. The van der Waals surface area contributed by atoms with Crippen molar-refractivity contribution in [2.45, 2.75) is 49.9 Å². The van der Waals surface area contributed by atoms with Gasteiger partial charge in [-0.2, -0.15) is 12.6 Å². The number of hydrogen-bond donors (Lipinski definition) is 9. The summed E-state index contributed by atoms with van der Waals surface area (Å²) in [5.74, 6) is -6.33. The predicted octanol–water partition coefficient (Wildman–Crippen LogP) is -1.75. The third-order valence-electron chi connectivity index (χ3n) is 5.57. The molecule has 0 spiro atoms. The van der Waals surface area contributed by atoms with Crippen molar-refractivity contribution in [2.24, 2.45) is 11.5 Å². The largest absolute Gasteiger partial charge is 0.481 e. The summed E-state index contributed by atoms with van der Waals surface area (Å²) in [6.45, 7) is 0. The first-order chi connectivity index (χ1) is 17.9. The number of thiol groups is 1. The third-order valence-corrected chi connectivity index (χ3v) is 5.93. The van der Waals surface area contributed by atoms with Crippen LogP contribution in [-0.4, -0.2) is 80.7 Å². The monoisotopic (exact) mass is 550 g/mol. The minimum Gasteiger partial charge on any atom is -0.481 e. The maximum absolute atomic E-state index is 13.0. The van der Waals surface area contributed by atoms with Crippen LogP contribution in [0.4, 0.5) is 0 Å². The highest BCUT2D eigenvalue weighted by Crippen LogP contribution is 2.19. The van der Waals surface area contributed by atoms with E-state index in [-0.39, 0.29) is 18.6 Å². The first-order valence-electron chi connectivity index (χ1n) is 11.5. The SMILES string of the molecule is NC(=O)CC(N)C(=O)NC(CS)C(=O)NC(CCC(=O)O)C(=O)NC(Cc1c[nH]c2ccccc12)C(=O)O. The summed E-state index contributed by atoms with van der Waals surface area (Å²) < 4.78 is 0. The molecule has 0 fully saturated rings. The highest BCUT2D eigenvalue weighted by Gasteiger charge is 2.31. The van der Waals surface area contributed by atoms with Crippen LogP contribution in [0.1, 0.15) is 24.8 Å². The summed E-state index contributed by atoms with van der Waals surface area (Å²) in [6.07, 6.45) is 0.196. The number of benzene rings is 1. The minimum absolute atomic E-state index is 0.0856. The van der Waals surface area contributed by atoms with Crippen LogP contribution < -0.4 is 27.4 Å². The van der Waals surface area contributed by atoms with Crippen molar-refractivity contribution >= 4 is 59.1 Å². The van der Waals surface area contributed by atoms with Crippen LogP contribution in [0.2, 0.25) is 0 Å². The van der Waals surface area contributed by atoms with Crippen molar-refractivity contribution in [3.05, 3.63) is 36.0 Å². The van der Waals surface area contributed by atoms with Crippen molar-refractivity contribution in [3.63, 3.8) is 0 Å². The molecule has 1 aromatic heterocycles. The van der Waals surface area contributed by atoms with E-state index in [4.69, 9.17) is 16.6 Å². The van der Waals surface area contributed by atoms with Gasteiger partial charge >= 0.3 is 11.9 Å². The van der Waals surface area contributed by atoms with Crippen molar-refractivity contribution in [1.29, 1.82) is 0 Å². The van der Waals surface area contributed by atoms with Gasteiger partial charge in [-0.15, -0.1) is 0 Å². The van der Waals surface area contributed by atoms with Crippen LogP contribution in [0.3, 0.4) is 0 Å². The Balaban J connectivity index is 2.14. The van der Waals surface area contributed by atoms with Gasteiger partial charge < -0.3 is 42.6 Å². The number of aliphatic carboxylic acids is 2. The fraction of sp³-hybridized carbons (Fsp3) is 0.391. The molecule has 4 amide bonds. The van der Waals surface area contributed by atoms with Crippen molar-refractivity contribution < 1.29 is 39.0 Å². The second-order valence-corrected chi connectivity index (χ2v) is 8.84. The van der Waals surface area contributed by atoms with Gasteiger partial charge in [0.25, 0.3) is 0 Å². The quantitative estimate of drug-likeness (QED) is 0.114. The minimum atomic E-state index is -1.44. The lowest BCUT2D eigenvalue weighted by Gasteiger charge is -2.24. The third kappa shape index (κ3) is 8.77. The molecule has 1 heterocycles. The molecule has 15 heteroatoms. The van der Waals surface area contributed by atoms with E-state index in [1.54, 1.807) is 24.4 Å². The Morgan fingerprint density at radius 2 is 1.53 bits per heavy atom. The molecule has 10 N–H and O–H groups in total. The van der Waals surface area contributed by atoms with Crippen LogP contribution in [0, 0.1) is 0 Å². The van der Waals surface area contributed by atoms with E-state index in [1.165, 1.54) is 0 Å². The van der Waals surface area contributed by atoms with E-state index in [0.29, 0.717) is 5.56 Å². The first-order valence-corrected chi connectivity index (χ1v) is 12.1. The van der Waals surface area contributed by atoms with Crippen LogP contribution in [0.15, 0.2) is 30.5 Å². The van der Waals surface area contributed by atoms with E-state index in [0.717, 1.165) is 10.9 Å². The molecule has 2 aromatic rings. The lowest BCUT2D eigenvalue weighted by molar-refractivity contribution is -0.143. The Bertz CT molecular complexity index is 1200. The zero-order valence-electron chi connectivity index (χ0n) is 20.2. The van der Waals surface area contributed by atoms with Gasteiger partial charge in [0.2, 0.25) is 23.6 Å². The van der Waals surface area contributed by atoms with Gasteiger partial charge in [0, 0.05) is 35.7 Å². The molecular weight excluding hydrogens is 520 g/mol. The highest BCUT2D eigenvalue weighted by atomic mass is 32.1. The number of carbonyl (C=O) groups is 6. The molecule has 0 saturated heterocycles. The summed E-state index contributed by atoms with van der Waals surface area (Å²) >= 11 is 4.00. The number of carboxylic acid groups (broad SMARTS) is 2. The molecule has 4 unspecified atom stereocenters. The number of rotatable bonds is 15. The maximum atomic E-state index is 13.0. The van der Waals surface area contributed by atoms with Crippen LogP contribution in [0.5, 0.6) is 0 Å². The number of para-hydroxylation sites is 1. The molecule has 1 aromatic carbocycles. The molecule has 14 nitrogen and oxygen atoms in total. The molecule has 0 aliphatic carbocycles. The number of primary amides is 1. The topological polar surface area (TPSA) is 247 Å². The number of H-pyrrole nitrogens is 1. The number of amides is 4. The van der Waals surface area contributed by atoms with E-state index in [2.05, 4.69) is 33.6 Å². The first kappa shape index (κ1) is 30.1. The van der Waals surface area contributed by atoms with Crippen LogP contribution in [0.25, 0.3) is 10.9 Å². The maximum Gasteiger partial charge on any atom is 0.326 e. The summed E-state index contributed by atoms with van der Waals surface area (Å²) in [5, 5.41) is 26.5. The lowest BCUT2D eigenvalue weighted by atomic mass is 10.0. The van der Waals surface area contributed by atoms with Gasteiger partial charge in [-0.1, -0.05) is 18.2 Å². The van der Waals surface area contributed by atoms with E-state index < -0.39 is 72.6 Å². The van der Waals surface area contributed by atoms with Gasteiger partial charge in [0.1, 0.15) is 18.1 Å². The number of nitrogens with one attached hydrogen (secondary N) is 4. The van der Waals surface area contributed by atoms with Gasteiger partial charge in [-0.25, -0.2) is 4.79 Å². The molecule has 206 valence electrons. The Morgan fingerprint density at radius 1 is 0.921 bits per heavy atom. The lowest BCUT2D eigenvalue weighted by Crippen LogP contribution is -2.58. The number of aromatic nitrogens is 1. The summed E-state index contributed by atoms with van der Waals surface area (Å²) in [4.78, 5) is 75.0. The van der Waals surface area contributed by atoms with E-state index in [1.807, 2.05) is 6.07 Å². The molecule has 0 saturated carbocycles. The Morgan fingerprint density at radius 3 is 2.13 bits per heavy atom. The normalized spacial score (nSPS) is 14.1. The number of carboxylic acids is 2. The Kier molecular flexibility index (Phi) is 11.1. The van der Waals surface area contributed by atoms with Crippen molar-refractivity contribution in [2.75, 3.05) is 5.75 Å². The summed E-state index contributed by atoms with van der Waals surface area (Å²) in [5.41, 5.74) is 12.0. The molecule has 0 aliphatic rings. The van der Waals surface area contributed by atoms with Crippen molar-refractivity contribution in [3.8, 4) is 0 Å². The van der Waals surface area contributed by atoms with Gasteiger partial charge in [-0.3, -0.25) is 24.0 Å². The predicted molar refractivity (Wildman–Crippen MR) is 138 cm³/mol. The summed E-state index contributed by atoms with van der Waals surface area (Å²) in [7, 11) is 0. The molecule has 0 aliphatic heterocycles. The fourth-order valence-corrected chi connectivity index (χ4v) is 3.84. The van der Waals surface area contributed by atoms with Gasteiger partial charge in [0.05, 0.1) is 12.5 Å². The second-order valence-electron chi connectivity index (χ2n) is 8.48. The Labute approximate surface area is 222 Å². The second kappa shape index (κ2) is 14.0. The Hall–Kier alpha value is -4.11. The van der Waals surface area contributed by atoms with Crippen molar-refractivity contribution in [1.82, 2.24) is 20.9 Å². The zero-order chi connectivity index (χ0) is 28.4. The van der Waals surface area contributed by atoms with Gasteiger partial charge in [0.15, 0.2) is 0 Å². The number of hydrogen-bond acceptors (Lipinski definition) is 8. The molecule has 4 atom stereocenters. The standard InChI is InChI=1S/C23H30N6O8S/c24-13(8-18(25)30)20(33)29-17(10-38)22(35)27-15(5-6-19(31)32)21(34)28-16(23(36)37)7-11-9-26-14-4-2-1-3-12(11)14/h1-4,9,13,15-17,26,38H,5-8,10,24H2,(H2,25,30)(H,27,35)(H,28,34)(H,29,33)(H,31,32)(H,36,37). The van der Waals surface area contributed by atoms with E-state index in [9.17, 15) is 33.9 Å². The summed E-state index contributed by atoms with van der Waals surface area (Å²) in [6, 6.07) is 1.73. The van der Waals surface area contributed by atoms with Crippen LogP contribution in [-0.2, 0) is 35.2 Å². The van der Waals surface area contributed by atoms with E-state index >= 15 is 0 Å². The average Bonchev–Trinajstić information content (AvgIpc) is 3.26. The van der Waals surface area contributed by atoms with Gasteiger partial charge in [-0.05, 0) is 18.1 Å². The fourth-order valence-electron chi connectivity index (χ4n) is 3.58.